The fourth-order valence-electron chi connectivity index (χ4n) is 3.80. The van der Waals surface area contributed by atoms with Gasteiger partial charge in [-0.1, -0.05) is 76.3 Å². The summed E-state index contributed by atoms with van der Waals surface area (Å²) >= 11 is 0. The van der Waals surface area contributed by atoms with Crippen molar-refractivity contribution in [2.24, 2.45) is 17.6 Å². The molecule has 1 aliphatic carbocycles. The van der Waals surface area contributed by atoms with Crippen molar-refractivity contribution in [1.29, 1.82) is 0 Å². The molecule has 0 heterocycles. The fraction of sp³-hybridized carbons (Fsp3) is 0.682. The molecule has 160 valence electrons. The number of aliphatic hydroxyl groups is 1. The summed E-state index contributed by atoms with van der Waals surface area (Å²) < 4.78 is 5.46. The first kappa shape index (κ1) is 24.7. The molecule has 1 aliphatic rings. The van der Waals surface area contributed by atoms with E-state index in [1.807, 2.05) is 44.2 Å². The largest absolute Gasteiger partial charge is 0.445 e. The molecular weight excluding hydrogens is 376 g/mol. The molecule has 1 aromatic carbocycles. The number of rotatable bonds is 9. The fourth-order valence-corrected chi connectivity index (χ4v) is 3.80. The number of carbonyl (C=O) groups is 1. The second-order valence-corrected chi connectivity index (χ2v) is 8.31. The average Bonchev–Trinajstić information content (AvgIpc) is 2.66. The molecular formula is C22H37ClN2O3. The van der Waals surface area contributed by atoms with E-state index in [9.17, 15) is 9.90 Å². The third-order valence-electron chi connectivity index (χ3n) is 5.28. The quantitative estimate of drug-likeness (QED) is 0.631. The van der Waals surface area contributed by atoms with Crippen molar-refractivity contribution < 1.29 is 14.6 Å². The van der Waals surface area contributed by atoms with Gasteiger partial charge >= 0.3 is 6.09 Å². The van der Waals surface area contributed by atoms with Gasteiger partial charge in [-0.25, -0.2) is 4.79 Å². The van der Waals surface area contributed by atoms with E-state index in [2.05, 4.69) is 0 Å². The molecule has 2 rings (SSSR count). The van der Waals surface area contributed by atoms with Crippen LogP contribution in [0.25, 0.3) is 0 Å². The number of benzene rings is 1. The Bertz CT molecular complexity index is 550. The molecule has 2 atom stereocenters. The molecule has 1 saturated carbocycles. The van der Waals surface area contributed by atoms with Gasteiger partial charge in [-0.3, -0.25) is 0 Å². The summed E-state index contributed by atoms with van der Waals surface area (Å²) in [6.07, 6.45) is 5.95. The number of carbonyl (C=O) groups excluding carboxylic acids is 1. The van der Waals surface area contributed by atoms with Crippen LogP contribution < -0.4 is 5.73 Å². The maximum atomic E-state index is 12.6. The van der Waals surface area contributed by atoms with E-state index in [0.717, 1.165) is 12.0 Å². The normalized spacial score (nSPS) is 16.9. The van der Waals surface area contributed by atoms with E-state index in [1.165, 1.54) is 32.1 Å². The van der Waals surface area contributed by atoms with E-state index in [1.54, 1.807) is 4.90 Å². The minimum absolute atomic E-state index is 0. The van der Waals surface area contributed by atoms with Crippen molar-refractivity contribution in [2.75, 3.05) is 13.1 Å². The van der Waals surface area contributed by atoms with Crippen molar-refractivity contribution in [2.45, 2.75) is 71.1 Å². The lowest BCUT2D eigenvalue weighted by atomic mass is 9.84. The Morgan fingerprint density at radius 1 is 1.18 bits per heavy atom. The predicted molar refractivity (Wildman–Crippen MR) is 115 cm³/mol. The van der Waals surface area contributed by atoms with Gasteiger partial charge in [0.2, 0.25) is 0 Å². The molecule has 0 radical (unpaired) electrons. The number of nitrogens with two attached hydrogens (primary N) is 1. The number of ether oxygens (including phenoxy) is 1. The first-order chi connectivity index (χ1) is 13.0. The number of nitrogens with zero attached hydrogens (tertiary/aromatic N) is 1. The smallest absolute Gasteiger partial charge is 0.410 e. The maximum absolute atomic E-state index is 12.6. The highest BCUT2D eigenvalue weighted by molar-refractivity contribution is 5.85. The average molecular weight is 413 g/mol. The molecule has 0 aromatic heterocycles. The number of hydrogen-bond acceptors (Lipinski definition) is 4. The number of aliphatic hydroxyl groups excluding tert-OH is 1. The van der Waals surface area contributed by atoms with Crippen LogP contribution in [0.1, 0.15) is 57.9 Å². The van der Waals surface area contributed by atoms with Gasteiger partial charge in [-0.2, -0.15) is 0 Å². The zero-order valence-electron chi connectivity index (χ0n) is 17.3. The van der Waals surface area contributed by atoms with Gasteiger partial charge < -0.3 is 20.5 Å². The van der Waals surface area contributed by atoms with Crippen LogP contribution in [-0.2, 0) is 11.3 Å². The summed E-state index contributed by atoms with van der Waals surface area (Å²) in [5, 5.41) is 10.6. The highest BCUT2D eigenvalue weighted by Crippen LogP contribution is 2.27. The monoisotopic (exact) mass is 412 g/mol. The third kappa shape index (κ3) is 8.80. The third-order valence-corrected chi connectivity index (χ3v) is 5.28. The minimum Gasteiger partial charge on any atom is -0.445 e. The molecule has 1 aromatic rings. The second-order valence-electron chi connectivity index (χ2n) is 8.31. The highest BCUT2D eigenvalue weighted by atomic mass is 35.5. The Balaban J connectivity index is 0.00000392. The molecule has 2 unspecified atom stereocenters. The topological polar surface area (TPSA) is 75.8 Å². The Morgan fingerprint density at radius 2 is 1.82 bits per heavy atom. The van der Waals surface area contributed by atoms with Crippen LogP contribution in [0.3, 0.4) is 0 Å². The van der Waals surface area contributed by atoms with Gasteiger partial charge in [0.25, 0.3) is 0 Å². The lowest BCUT2D eigenvalue weighted by molar-refractivity contribution is 0.0520. The molecule has 6 heteroatoms. The SMILES string of the molecule is CC(C)CN(CC(O)C(N)CC1CCCCC1)C(=O)OCc1ccccc1.Cl. The molecule has 3 N–H and O–H groups in total. The number of amides is 1. The Hall–Kier alpha value is -1.30. The van der Waals surface area contributed by atoms with Crippen molar-refractivity contribution >= 4 is 18.5 Å². The van der Waals surface area contributed by atoms with Gasteiger partial charge in [0, 0.05) is 12.6 Å². The van der Waals surface area contributed by atoms with E-state index >= 15 is 0 Å². The lowest BCUT2D eigenvalue weighted by Crippen LogP contribution is -2.47. The molecule has 5 nitrogen and oxygen atoms in total. The predicted octanol–water partition coefficient (Wildman–Crippen LogP) is 4.36. The molecule has 1 fully saturated rings. The van der Waals surface area contributed by atoms with Gasteiger partial charge in [-0.15, -0.1) is 12.4 Å². The second kappa shape index (κ2) is 13.0. The maximum Gasteiger partial charge on any atom is 0.410 e. The van der Waals surface area contributed by atoms with E-state index in [4.69, 9.17) is 10.5 Å². The molecule has 28 heavy (non-hydrogen) atoms. The van der Waals surface area contributed by atoms with Crippen molar-refractivity contribution in [3.8, 4) is 0 Å². The van der Waals surface area contributed by atoms with E-state index in [0.29, 0.717) is 12.5 Å². The highest BCUT2D eigenvalue weighted by Gasteiger charge is 2.26. The van der Waals surface area contributed by atoms with Crippen molar-refractivity contribution in [1.82, 2.24) is 4.90 Å². The number of hydrogen-bond donors (Lipinski definition) is 2. The van der Waals surface area contributed by atoms with Gasteiger partial charge in [0.05, 0.1) is 12.6 Å². The van der Waals surface area contributed by atoms with Gasteiger partial charge in [-0.05, 0) is 23.8 Å². The van der Waals surface area contributed by atoms with Crippen LogP contribution in [0.5, 0.6) is 0 Å². The Labute approximate surface area is 176 Å². The lowest BCUT2D eigenvalue weighted by Gasteiger charge is -2.31. The standard InChI is InChI=1S/C22H36N2O3.ClH/c1-17(2)14-24(22(26)27-16-19-11-7-4-8-12-19)15-21(25)20(23)13-18-9-5-3-6-10-18;/h4,7-8,11-12,17-18,20-21,25H,3,5-6,9-10,13-16,23H2,1-2H3;1H. The summed E-state index contributed by atoms with van der Waals surface area (Å²) in [4.78, 5) is 14.1. The van der Waals surface area contributed by atoms with Crippen LogP contribution in [0.2, 0.25) is 0 Å². The molecule has 0 bridgehead atoms. The summed E-state index contributed by atoms with van der Waals surface area (Å²) in [5.74, 6) is 0.892. The van der Waals surface area contributed by atoms with E-state index < -0.39 is 12.2 Å². The van der Waals surface area contributed by atoms with E-state index in [-0.39, 0.29) is 37.5 Å². The van der Waals surface area contributed by atoms with Crippen LogP contribution in [-0.4, -0.2) is 41.3 Å². The molecule has 0 aliphatic heterocycles. The molecule has 1 amide bonds. The Morgan fingerprint density at radius 3 is 2.43 bits per heavy atom. The van der Waals surface area contributed by atoms with Crippen LogP contribution >= 0.6 is 12.4 Å². The van der Waals surface area contributed by atoms with Crippen LogP contribution in [0, 0.1) is 11.8 Å². The zero-order valence-corrected chi connectivity index (χ0v) is 18.1. The van der Waals surface area contributed by atoms with Crippen molar-refractivity contribution in [3.63, 3.8) is 0 Å². The van der Waals surface area contributed by atoms with Crippen LogP contribution in [0.15, 0.2) is 30.3 Å². The Kier molecular flexibility index (Phi) is 11.5. The first-order valence-corrected chi connectivity index (χ1v) is 10.3. The summed E-state index contributed by atoms with van der Waals surface area (Å²) in [5.41, 5.74) is 7.21. The summed E-state index contributed by atoms with van der Waals surface area (Å²) in [6, 6.07) is 9.32. The van der Waals surface area contributed by atoms with Gasteiger partial charge in [0.15, 0.2) is 0 Å². The first-order valence-electron chi connectivity index (χ1n) is 10.3. The summed E-state index contributed by atoms with van der Waals surface area (Å²) in [6.45, 7) is 5.09. The minimum atomic E-state index is -0.727. The zero-order chi connectivity index (χ0) is 19.6. The van der Waals surface area contributed by atoms with Crippen LogP contribution in [0.4, 0.5) is 4.79 Å². The molecule has 0 saturated heterocycles. The molecule has 0 spiro atoms. The van der Waals surface area contributed by atoms with Crippen molar-refractivity contribution in [3.05, 3.63) is 35.9 Å². The number of halogens is 1. The van der Waals surface area contributed by atoms with Gasteiger partial charge in [0.1, 0.15) is 6.61 Å². The summed E-state index contributed by atoms with van der Waals surface area (Å²) in [7, 11) is 0.